The van der Waals surface area contributed by atoms with Crippen LogP contribution in [0, 0.1) is 0 Å². The Balaban J connectivity index is 2.43. The van der Waals surface area contributed by atoms with Crippen molar-refractivity contribution in [3.8, 4) is 0 Å². The van der Waals surface area contributed by atoms with Gasteiger partial charge in [0.1, 0.15) is 12.4 Å². The molecule has 1 aromatic rings. The number of hydrogen-bond acceptors (Lipinski definition) is 4. The SMILES string of the molecule is CCOCC(=O)NCC(c1ccco1)N(C)C. The summed E-state index contributed by atoms with van der Waals surface area (Å²) in [5.74, 6) is 0.733. The summed E-state index contributed by atoms with van der Waals surface area (Å²) in [5.41, 5.74) is 0. The second-order valence-electron chi connectivity index (χ2n) is 3.94. The van der Waals surface area contributed by atoms with Crippen molar-refractivity contribution in [1.82, 2.24) is 10.2 Å². The van der Waals surface area contributed by atoms with Gasteiger partial charge in [0.2, 0.25) is 5.91 Å². The van der Waals surface area contributed by atoms with Crippen LogP contribution in [0.4, 0.5) is 0 Å². The lowest BCUT2D eigenvalue weighted by Crippen LogP contribution is -2.36. The smallest absolute Gasteiger partial charge is 0.246 e. The summed E-state index contributed by atoms with van der Waals surface area (Å²) in [6.07, 6.45) is 1.63. The number of carbonyl (C=O) groups excluding carboxylic acids is 1. The maximum Gasteiger partial charge on any atom is 0.246 e. The Labute approximate surface area is 102 Å². The van der Waals surface area contributed by atoms with Gasteiger partial charge in [-0.25, -0.2) is 0 Å². The Hall–Kier alpha value is -1.33. The van der Waals surface area contributed by atoms with E-state index >= 15 is 0 Å². The van der Waals surface area contributed by atoms with Crippen molar-refractivity contribution in [3.05, 3.63) is 24.2 Å². The van der Waals surface area contributed by atoms with E-state index in [0.29, 0.717) is 13.2 Å². The Bertz CT molecular complexity index is 323. The van der Waals surface area contributed by atoms with Gasteiger partial charge in [-0.2, -0.15) is 0 Å². The van der Waals surface area contributed by atoms with Crippen LogP contribution in [0.15, 0.2) is 22.8 Å². The first-order valence-electron chi connectivity index (χ1n) is 5.69. The number of furan rings is 1. The maximum atomic E-state index is 11.4. The van der Waals surface area contributed by atoms with Gasteiger partial charge in [0.15, 0.2) is 0 Å². The van der Waals surface area contributed by atoms with Gasteiger partial charge in [0.25, 0.3) is 0 Å². The molecule has 1 atom stereocenters. The van der Waals surface area contributed by atoms with Crippen LogP contribution in [0.1, 0.15) is 18.7 Å². The predicted molar refractivity (Wildman–Crippen MR) is 64.6 cm³/mol. The zero-order chi connectivity index (χ0) is 12.7. The fourth-order valence-corrected chi connectivity index (χ4v) is 1.47. The molecular formula is C12H20N2O3. The summed E-state index contributed by atoms with van der Waals surface area (Å²) in [6, 6.07) is 3.78. The average Bonchev–Trinajstić information content (AvgIpc) is 2.79. The number of carbonyl (C=O) groups is 1. The summed E-state index contributed by atoms with van der Waals surface area (Å²) >= 11 is 0. The summed E-state index contributed by atoms with van der Waals surface area (Å²) in [7, 11) is 3.89. The van der Waals surface area contributed by atoms with Crippen LogP contribution in [0.2, 0.25) is 0 Å². The molecule has 0 saturated heterocycles. The first kappa shape index (κ1) is 13.7. The zero-order valence-electron chi connectivity index (χ0n) is 10.6. The summed E-state index contributed by atoms with van der Waals surface area (Å²) < 4.78 is 10.4. The number of amides is 1. The highest BCUT2D eigenvalue weighted by Gasteiger charge is 2.17. The Kier molecular flexibility index (Phi) is 5.72. The highest BCUT2D eigenvalue weighted by atomic mass is 16.5. The first-order chi connectivity index (χ1) is 8.15. The summed E-state index contributed by atoms with van der Waals surface area (Å²) in [4.78, 5) is 13.4. The van der Waals surface area contributed by atoms with Crippen LogP contribution in [-0.4, -0.2) is 44.7 Å². The molecule has 0 aliphatic heterocycles. The topological polar surface area (TPSA) is 54.7 Å². The number of likely N-dealkylation sites (N-methyl/N-ethyl adjacent to an activating group) is 1. The molecule has 0 aliphatic carbocycles. The molecule has 0 aliphatic rings. The van der Waals surface area contributed by atoms with Crippen molar-refractivity contribution in [1.29, 1.82) is 0 Å². The normalized spacial score (nSPS) is 12.7. The minimum Gasteiger partial charge on any atom is -0.468 e. The van der Waals surface area contributed by atoms with Gasteiger partial charge in [-0.15, -0.1) is 0 Å². The Morgan fingerprint density at radius 1 is 1.59 bits per heavy atom. The number of nitrogens with one attached hydrogen (secondary N) is 1. The van der Waals surface area contributed by atoms with Gasteiger partial charge in [-0.05, 0) is 33.2 Å². The molecule has 0 aromatic carbocycles. The van der Waals surface area contributed by atoms with E-state index in [9.17, 15) is 4.79 Å². The minimum absolute atomic E-state index is 0.0376. The molecule has 0 spiro atoms. The van der Waals surface area contributed by atoms with E-state index in [0.717, 1.165) is 5.76 Å². The van der Waals surface area contributed by atoms with Crippen molar-refractivity contribution >= 4 is 5.91 Å². The van der Waals surface area contributed by atoms with Crippen LogP contribution in [0.3, 0.4) is 0 Å². The van der Waals surface area contributed by atoms with Crippen molar-refractivity contribution in [2.75, 3.05) is 33.9 Å². The Morgan fingerprint density at radius 3 is 2.88 bits per heavy atom. The number of nitrogens with zero attached hydrogens (tertiary/aromatic N) is 1. The quantitative estimate of drug-likeness (QED) is 0.773. The highest BCUT2D eigenvalue weighted by molar-refractivity contribution is 5.77. The molecule has 0 bridgehead atoms. The van der Waals surface area contributed by atoms with E-state index in [1.807, 2.05) is 38.1 Å². The molecule has 0 fully saturated rings. The van der Waals surface area contributed by atoms with E-state index in [2.05, 4.69) is 5.32 Å². The van der Waals surface area contributed by atoms with Gasteiger partial charge in [-0.1, -0.05) is 0 Å². The van der Waals surface area contributed by atoms with E-state index in [4.69, 9.17) is 9.15 Å². The van der Waals surface area contributed by atoms with Crippen molar-refractivity contribution in [3.63, 3.8) is 0 Å². The molecule has 1 rings (SSSR count). The van der Waals surface area contributed by atoms with Gasteiger partial charge < -0.3 is 14.5 Å². The third kappa shape index (κ3) is 4.58. The molecule has 5 heteroatoms. The molecule has 1 heterocycles. The molecule has 5 nitrogen and oxygen atoms in total. The van der Waals surface area contributed by atoms with E-state index in [1.54, 1.807) is 6.26 Å². The lowest BCUT2D eigenvalue weighted by Gasteiger charge is -2.22. The second-order valence-corrected chi connectivity index (χ2v) is 3.94. The largest absolute Gasteiger partial charge is 0.468 e. The van der Waals surface area contributed by atoms with Gasteiger partial charge in [0.05, 0.1) is 12.3 Å². The van der Waals surface area contributed by atoms with E-state index in [-0.39, 0.29) is 18.6 Å². The third-order valence-electron chi connectivity index (χ3n) is 2.42. The average molecular weight is 240 g/mol. The van der Waals surface area contributed by atoms with Crippen LogP contribution < -0.4 is 5.32 Å². The lowest BCUT2D eigenvalue weighted by molar-refractivity contribution is -0.125. The molecule has 0 saturated carbocycles. The fourth-order valence-electron chi connectivity index (χ4n) is 1.47. The number of ether oxygens (including phenoxy) is 1. The third-order valence-corrected chi connectivity index (χ3v) is 2.42. The van der Waals surface area contributed by atoms with Crippen molar-refractivity contribution in [2.24, 2.45) is 0 Å². The van der Waals surface area contributed by atoms with Crippen LogP contribution >= 0.6 is 0 Å². The number of rotatable bonds is 7. The molecule has 1 N–H and O–H groups in total. The van der Waals surface area contributed by atoms with Crippen LogP contribution in [0.5, 0.6) is 0 Å². The molecule has 1 amide bonds. The van der Waals surface area contributed by atoms with Crippen LogP contribution in [0.25, 0.3) is 0 Å². The van der Waals surface area contributed by atoms with E-state index in [1.165, 1.54) is 0 Å². The maximum absolute atomic E-state index is 11.4. The van der Waals surface area contributed by atoms with Gasteiger partial charge in [-0.3, -0.25) is 9.69 Å². The molecular weight excluding hydrogens is 220 g/mol. The lowest BCUT2D eigenvalue weighted by atomic mass is 10.2. The molecule has 1 unspecified atom stereocenters. The molecule has 0 radical (unpaired) electrons. The highest BCUT2D eigenvalue weighted by Crippen LogP contribution is 2.17. The zero-order valence-corrected chi connectivity index (χ0v) is 10.6. The summed E-state index contributed by atoms with van der Waals surface area (Å²) in [6.45, 7) is 3.02. The molecule has 96 valence electrons. The second kappa shape index (κ2) is 7.09. The van der Waals surface area contributed by atoms with Gasteiger partial charge in [0, 0.05) is 13.2 Å². The fraction of sp³-hybridized carbons (Fsp3) is 0.583. The van der Waals surface area contributed by atoms with Crippen LogP contribution in [-0.2, 0) is 9.53 Å². The minimum atomic E-state index is -0.106. The molecule has 17 heavy (non-hydrogen) atoms. The number of hydrogen-bond donors (Lipinski definition) is 1. The predicted octanol–water partition coefficient (Wildman–Crippen LogP) is 1.03. The van der Waals surface area contributed by atoms with E-state index < -0.39 is 0 Å². The Morgan fingerprint density at radius 2 is 2.35 bits per heavy atom. The van der Waals surface area contributed by atoms with Gasteiger partial charge >= 0.3 is 0 Å². The van der Waals surface area contributed by atoms with Crippen molar-refractivity contribution in [2.45, 2.75) is 13.0 Å². The first-order valence-corrected chi connectivity index (χ1v) is 5.69. The molecule has 1 aromatic heterocycles. The van der Waals surface area contributed by atoms with Crippen molar-refractivity contribution < 1.29 is 13.9 Å². The summed E-state index contributed by atoms with van der Waals surface area (Å²) in [5, 5.41) is 2.82. The standard InChI is InChI=1S/C12H20N2O3/c1-4-16-9-12(15)13-8-10(14(2)3)11-6-5-7-17-11/h5-7,10H,4,8-9H2,1-3H3,(H,13,15). The monoisotopic (exact) mass is 240 g/mol.